The highest BCUT2D eigenvalue weighted by molar-refractivity contribution is 9.10. The van der Waals surface area contributed by atoms with Gasteiger partial charge in [-0.25, -0.2) is 4.98 Å². The molecule has 2 aromatic heterocycles. The van der Waals surface area contributed by atoms with Gasteiger partial charge in [0.25, 0.3) is 5.91 Å². The second kappa shape index (κ2) is 7.23. The van der Waals surface area contributed by atoms with Gasteiger partial charge in [-0.3, -0.25) is 4.79 Å². The van der Waals surface area contributed by atoms with Gasteiger partial charge in [0.15, 0.2) is 0 Å². The third kappa shape index (κ3) is 3.51. The predicted molar refractivity (Wildman–Crippen MR) is 103 cm³/mol. The quantitative estimate of drug-likeness (QED) is 0.648. The third-order valence-corrected chi connectivity index (χ3v) is 5.03. The van der Waals surface area contributed by atoms with Crippen molar-refractivity contribution in [2.24, 2.45) is 0 Å². The van der Waals surface area contributed by atoms with Gasteiger partial charge < -0.3 is 9.47 Å². The number of carbonyl (C=O) groups is 1. The van der Waals surface area contributed by atoms with Crippen molar-refractivity contribution in [3.8, 4) is 5.82 Å². The van der Waals surface area contributed by atoms with Gasteiger partial charge in [-0.1, -0.05) is 40.2 Å². The van der Waals surface area contributed by atoms with E-state index in [1.165, 1.54) is 0 Å². The summed E-state index contributed by atoms with van der Waals surface area (Å²) in [4.78, 5) is 19.1. The molecule has 2 heterocycles. The molecule has 0 saturated heterocycles. The molecule has 0 bridgehead atoms. The van der Waals surface area contributed by atoms with Crippen molar-refractivity contribution >= 4 is 21.8 Å². The number of aromatic nitrogens is 2. The smallest absolute Gasteiger partial charge is 0.255 e. The molecule has 1 amide bonds. The van der Waals surface area contributed by atoms with E-state index in [-0.39, 0.29) is 5.91 Å². The molecule has 4 nitrogen and oxygen atoms in total. The van der Waals surface area contributed by atoms with Crippen molar-refractivity contribution in [2.45, 2.75) is 20.4 Å². The standard InChI is InChI=1S/C20H20BrN3O/c1-14-12-17(15(2)24(14)19-10-6-7-11-22-19)20(25)23(3)13-16-8-4-5-9-18(16)21/h4-12H,13H2,1-3H3. The summed E-state index contributed by atoms with van der Waals surface area (Å²) in [5.41, 5.74) is 3.68. The Hall–Kier alpha value is -2.40. The zero-order valence-corrected chi connectivity index (χ0v) is 16.1. The molecule has 3 rings (SSSR count). The summed E-state index contributed by atoms with van der Waals surface area (Å²) in [6.45, 7) is 4.50. The maximum absolute atomic E-state index is 13.0. The minimum Gasteiger partial charge on any atom is -0.337 e. The van der Waals surface area contributed by atoms with E-state index in [0.717, 1.165) is 27.2 Å². The highest BCUT2D eigenvalue weighted by Crippen LogP contribution is 2.22. The molecule has 0 aliphatic carbocycles. The van der Waals surface area contributed by atoms with Crippen molar-refractivity contribution < 1.29 is 4.79 Å². The maximum atomic E-state index is 13.0. The minimum atomic E-state index is 0.00559. The molecule has 3 aromatic rings. The summed E-state index contributed by atoms with van der Waals surface area (Å²) in [5, 5.41) is 0. The molecule has 0 N–H and O–H groups in total. The molecular weight excluding hydrogens is 378 g/mol. The molecule has 0 fully saturated rings. The first-order chi connectivity index (χ1) is 12.0. The van der Waals surface area contributed by atoms with Gasteiger partial charge in [0.1, 0.15) is 5.82 Å². The first-order valence-corrected chi connectivity index (χ1v) is 8.87. The van der Waals surface area contributed by atoms with Crippen LogP contribution in [0.1, 0.15) is 27.3 Å². The highest BCUT2D eigenvalue weighted by Gasteiger charge is 2.20. The summed E-state index contributed by atoms with van der Waals surface area (Å²) < 4.78 is 3.02. The van der Waals surface area contributed by atoms with E-state index in [9.17, 15) is 4.79 Å². The van der Waals surface area contributed by atoms with Crippen LogP contribution in [-0.2, 0) is 6.54 Å². The summed E-state index contributed by atoms with van der Waals surface area (Å²) in [7, 11) is 1.83. The number of nitrogens with zero attached hydrogens (tertiary/aromatic N) is 3. The highest BCUT2D eigenvalue weighted by atomic mass is 79.9. The lowest BCUT2D eigenvalue weighted by molar-refractivity contribution is 0.0784. The third-order valence-electron chi connectivity index (χ3n) is 4.25. The number of halogens is 1. The van der Waals surface area contributed by atoms with Crippen molar-refractivity contribution in [3.05, 3.63) is 81.7 Å². The number of amides is 1. The van der Waals surface area contributed by atoms with Crippen LogP contribution in [0.4, 0.5) is 0 Å². The van der Waals surface area contributed by atoms with Crippen LogP contribution < -0.4 is 0 Å². The molecule has 0 spiro atoms. The van der Waals surface area contributed by atoms with E-state index in [0.29, 0.717) is 12.1 Å². The molecule has 0 aliphatic heterocycles. The van der Waals surface area contributed by atoms with Gasteiger partial charge in [-0.15, -0.1) is 0 Å². The van der Waals surface area contributed by atoms with Crippen LogP contribution in [0.2, 0.25) is 0 Å². The van der Waals surface area contributed by atoms with Crippen LogP contribution in [0.5, 0.6) is 0 Å². The van der Waals surface area contributed by atoms with Crippen LogP contribution in [0.3, 0.4) is 0 Å². The van der Waals surface area contributed by atoms with Crippen LogP contribution >= 0.6 is 15.9 Å². The molecule has 0 saturated carbocycles. The fourth-order valence-electron chi connectivity index (χ4n) is 2.98. The summed E-state index contributed by atoms with van der Waals surface area (Å²) >= 11 is 3.54. The van der Waals surface area contributed by atoms with Gasteiger partial charge in [0, 0.05) is 35.6 Å². The minimum absolute atomic E-state index is 0.00559. The Kier molecular flexibility index (Phi) is 5.04. The summed E-state index contributed by atoms with van der Waals surface area (Å²) in [6.07, 6.45) is 1.76. The largest absolute Gasteiger partial charge is 0.337 e. The maximum Gasteiger partial charge on any atom is 0.255 e. The molecule has 0 unspecified atom stereocenters. The molecule has 128 valence electrons. The second-order valence-corrected chi connectivity index (χ2v) is 6.92. The summed E-state index contributed by atoms with van der Waals surface area (Å²) in [6, 6.07) is 15.7. The van der Waals surface area contributed by atoms with Crippen molar-refractivity contribution in [3.63, 3.8) is 0 Å². The fraction of sp³-hybridized carbons (Fsp3) is 0.200. The second-order valence-electron chi connectivity index (χ2n) is 6.06. The first-order valence-electron chi connectivity index (χ1n) is 8.08. The molecule has 5 heteroatoms. The summed E-state index contributed by atoms with van der Waals surface area (Å²) in [5.74, 6) is 0.830. The zero-order valence-electron chi connectivity index (χ0n) is 14.5. The van der Waals surface area contributed by atoms with Crippen LogP contribution in [0.15, 0.2) is 59.2 Å². The van der Waals surface area contributed by atoms with E-state index in [1.807, 2.05) is 74.0 Å². The Morgan fingerprint density at radius 1 is 1.16 bits per heavy atom. The Labute approximate surface area is 156 Å². The van der Waals surface area contributed by atoms with Gasteiger partial charge in [-0.2, -0.15) is 0 Å². The van der Waals surface area contributed by atoms with Crippen LogP contribution in [0.25, 0.3) is 5.82 Å². The molecule has 0 aliphatic rings. The van der Waals surface area contributed by atoms with Crippen molar-refractivity contribution in [1.82, 2.24) is 14.5 Å². The lowest BCUT2D eigenvalue weighted by Crippen LogP contribution is -2.26. The number of benzene rings is 1. The SMILES string of the molecule is Cc1cc(C(=O)N(C)Cc2ccccc2Br)c(C)n1-c1ccccn1. The van der Waals surface area contributed by atoms with E-state index in [4.69, 9.17) is 0 Å². The molecule has 0 atom stereocenters. The van der Waals surface area contributed by atoms with Crippen LogP contribution in [-0.4, -0.2) is 27.4 Å². The number of pyridine rings is 1. The van der Waals surface area contributed by atoms with Gasteiger partial charge in [0.2, 0.25) is 0 Å². The Balaban J connectivity index is 1.89. The lowest BCUT2D eigenvalue weighted by Gasteiger charge is -2.18. The molecular formula is C20H20BrN3O. The average Bonchev–Trinajstić information content (AvgIpc) is 2.91. The number of hydrogen-bond acceptors (Lipinski definition) is 2. The van der Waals surface area contributed by atoms with E-state index in [1.54, 1.807) is 11.1 Å². The van der Waals surface area contributed by atoms with Crippen molar-refractivity contribution in [2.75, 3.05) is 7.05 Å². The van der Waals surface area contributed by atoms with E-state index >= 15 is 0 Å². The van der Waals surface area contributed by atoms with Gasteiger partial charge in [0.05, 0.1) is 5.56 Å². The number of aryl methyl sites for hydroxylation is 1. The van der Waals surface area contributed by atoms with Crippen molar-refractivity contribution in [1.29, 1.82) is 0 Å². The number of rotatable bonds is 4. The Morgan fingerprint density at radius 2 is 1.88 bits per heavy atom. The normalized spacial score (nSPS) is 10.7. The number of carbonyl (C=O) groups excluding carboxylic acids is 1. The first kappa shape index (κ1) is 17.4. The number of hydrogen-bond donors (Lipinski definition) is 0. The Bertz CT molecular complexity index is 903. The fourth-order valence-corrected chi connectivity index (χ4v) is 3.39. The van der Waals surface area contributed by atoms with E-state index in [2.05, 4.69) is 20.9 Å². The topological polar surface area (TPSA) is 38.1 Å². The van der Waals surface area contributed by atoms with E-state index < -0.39 is 0 Å². The van der Waals surface area contributed by atoms with Crippen LogP contribution in [0, 0.1) is 13.8 Å². The monoisotopic (exact) mass is 397 g/mol. The predicted octanol–water partition coefficient (Wildman–Crippen LogP) is 4.52. The lowest BCUT2D eigenvalue weighted by atomic mass is 10.2. The molecule has 1 aromatic carbocycles. The van der Waals surface area contributed by atoms with Gasteiger partial charge >= 0.3 is 0 Å². The van der Waals surface area contributed by atoms with Gasteiger partial charge in [-0.05, 0) is 43.7 Å². The average molecular weight is 398 g/mol. The zero-order chi connectivity index (χ0) is 18.0. The molecule has 0 radical (unpaired) electrons. The Morgan fingerprint density at radius 3 is 2.56 bits per heavy atom. The molecule has 25 heavy (non-hydrogen) atoms.